The van der Waals surface area contributed by atoms with Crippen LogP contribution in [-0.2, 0) is 19.5 Å². The number of rotatable bonds is 7. The number of benzene rings is 2. The molecular weight excluding hydrogens is 458 g/mol. The van der Waals surface area contributed by atoms with Gasteiger partial charge in [0.05, 0.1) is 25.5 Å². The Morgan fingerprint density at radius 1 is 0.917 bits per heavy atom. The molecular formula is C27H33N5O4. The fraction of sp³-hybridized carbons (Fsp3) is 0.407. The third-order valence-corrected chi connectivity index (χ3v) is 6.78. The first-order valence-corrected chi connectivity index (χ1v) is 12.3. The summed E-state index contributed by atoms with van der Waals surface area (Å²) in [6.07, 6.45) is 0.808. The highest BCUT2D eigenvalue weighted by Gasteiger charge is 2.27. The summed E-state index contributed by atoms with van der Waals surface area (Å²) in [5, 5.41) is 9.95. The molecule has 36 heavy (non-hydrogen) atoms. The van der Waals surface area contributed by atoms with Crippen LogP contribution in [0.3, 0.4) is 0 Å². The number of methoxy groups -OCH3 is 2. The van der Waals surface area contributed by atoms with Crippen molar-refractivity contribution in [3.63, 3.8) is 0 Å². The van der Waals surface area contributed by atoms with Gasteiger partial charge < -0.3 is 29.1 Å². The fourth-order valence-electron chi connectivity index (χ4n) is 4.65. The molecule has 0 spiro atoms. The second kappa shape index (κ2) is 10.6. The van der Waals surface area contributed by atoms with E-state index < -0.39 is 0 Å². The van der Waals surface area contributed by atoms with Crippen molar-refractivity contribution in [1.29, 1.82) is 0 Å². The van der Waals surface area contributed by atoms with Gasteiger partial charge in [-0.15, -0.1) is 0 Å². The van der Waals surface area contributed by atoms with Gasteiger partial charge in [-0.2, -0.15) is 4.98 Å². The molecule has 2 aliphatic rings. The molecule has 1 aromatic heterocycles. The van der Waals surface area contributed by atoms with Gasteiger partial charge in [-0.1, -0.05) is 12.1 Å². The Labute approximate surface area is 211 Å². The van der Waals surface area contributed by atoms with Crippen LogP contribution in [0.2, 0.25) is 0 Å². The van der Waals surface area contributed by atoms with Crippen LogP contribution in [0.15, 0.2) is 42.5 Å². The first-order chi connectivity index (χ1) is 17.5. The maximum atomic E-state index is 9.95. The van der Waals surface area contributed by atoms with E-state index in [1.807, 2.05) is 36.4 Å². The smallest absolute Gasteiger partial charge is 0.228 e. The summed E-state index contributed by atoms with van der Waals surface area (Å²) < 4.78 is 17.0. The standard InChI is InChI=1S/C27H33N5O4/c1-30-11-13-32(14-12-30)27-28-23-9-10-31(17-19-7-8-24(33)25(15-19)35-3)18-22(23)26(29-27)36-21-6-4-5-20(16-21)34-2/h4-8,15-16,33H,9-14,17-18H2,1-3H3. The highest BCUT2D eigenvalue weighted by Crippen LogP contribution is 2.34. The number of likely N-dealkylation sites (N-methyl/N-ethyl adjacent to an activating group) is 1. The van der Waals surface area contributed by atoms with E-state index in [9.17, 15) is 5.11 Å². The van der Waals surface area contributed by atoms with E-state index in [1.54, 1.807) is 20.3 Å². The van der Waals surface area contributed by atoms with Gasteiger partial charge in [0.25, 0.3) is 0 Å². The van der Waals surface area contributed by atoms with E-state index in [-0.39, 0.29) is 5.75 Å². The number of hydrogen-bond donors (Lipinski definition) is 1. The molecule has 2 aliphatic heterocycles. The van der Waals surface area contributed by atoms with E-state index >= 15 is 0 Å². The average Bonchev–Trinajstić information content (AvgIpc) is 2.90. The van der Waals surface area contributed by atoms with Crippen LogP contribution in [0.25, 0.3) is 0 Å². The number of fused-ring (bicyclic) bond motifs is 1. The molecule has 0 bridgehead atoms. The van der Waals surface area contributed by atoms with Crippen molar-refractivity contribution in [1.82, 2.24) is 19.8 Å². The quantitative estimate of drug-likeness (QED) is 0.535. The van der Waals surface area contributed by atoms with Crippen LogP contribution in [0.4, 0.5) is 5.95 Å². The SMILES string of the molecule is COc1cccc(Oc2nc(N3CCN(C)CC3)nc3c2CN(Cc2ccc(O)c(OC)c2)CC3)c1. The number of ether oxygens (including phenoxy) is 3. The molecule has 0 unspecified atom stereocenters. The van der Waals surface area contributed by atoms with E-state index in [1.165, 1.54) is 0 Å². The third kappa shape index (κ3) is 5.32. The highest BCUT2D eigenvalue weighted by molar-refractivity contribution is 5.45. The Morgan fingerprint density at radius 2 is 1.72 bits per heavy atom. The van der Waals surface area contributed by atoms with Crippen molar-refractivity contribution in [2.75, 3.05) is 58.9 Å². The summed E-state index contributed by atoms with van der Waals surface area (Å²) in [6.45, 7) is 6.00. The second-order valence-electron chi connectivity index (χ2n) is 9.29. The summed E-state index contributed by atoms with van der Waals surface area (Å²) in [7, 11) is 5.35. The largest absolute Gasteiger partial charge is 0.504 e. The molecule has 190 valence electrons. The lowest BCUT2D eigenvalue weighted by Gasteiger charge is -2.34. The molecule has 0 saturated carbocycles. The van der Waals surface area contributed by atoms with Crippen LogP contribution < -0.4 is 19.1 Å². The summed E-state index contributed by atoms with van der Waals surface area (Å²) >= 11 is 0. The molecule has 1 fully saturated rings. The minimum Gasteiger partial charge on any atom is -0.504 e. The minimum atomic E-state index is 0.143. The molecule has 0 atom stereocenters. The molecule has 0 aliphatic carbocycles. The number of piperazine rings is 1. The zero-order chi connectivity index (χ0) is 25.1. The average molecular weight is 492 g/mol. The Kier molecular flexibility index (Phi) is 7.11. The van der Waals surface area contributed by atoms with Gasteiger partial charge in [-0.05, 0) is 36.9 Å². The van der Waals surface area contributed by atoms with Crippen LogP contribution in [0, 0.1) is 0 Å². The summed E-state index contributed by atoms with van der Waals surface area (Å²) in [6, 6.07) is 13.1. The number of aromatic nitrogens is 2. The lowest BCUT2D eigenvalue weighted by atomic mass is 10.1. The van der Waals surface area contributed by atoms with Crippen LogP contribution in [-0.4, -0.2) is 78.9 Å². The molecule has 9 nitrogen and oxygen atoms in total. The Balaban J connectivity index is 1.44. The number of phenolic OH excluding ortho intramolecular Hbond substituents is 1. The third-order valence-electron chi connectivity index (χ3n) is 6.78. The topological polar surface area (TPSA) is 83.4 Å². The van der Waals surface area contributed by atoms with E-state index in [4.69, 9.17) is 24.2 Å². The van der Waals surface area contributed by atoms with Crippen molar-refractivity contribution < 1.29 is 19.3 Å². The fourth-order valence-corrected chi connectivity index (χ4v) is 4.65. The van der Waals surface area contributed by atoms with Gasteiger partial charge in [0.15, 0.2) is 11.5 Å². The van der Waals surface area contributed by atoms with Gasteiger partial charge in [-0.25, -0.2) is 4.98 Å². The van der Waals surface area contributed by atoms with Crippen molar-refractivity contribution >= 4 is 5.95 Å². The molecule has 9 heteroatoms. The van der Waals surface area contributed by atoms with Crippen LogP contribution in [0.5, 0.6) is 28.9 Å². The van der Waals surface area contributed by atoms with Gasteiger partial charge in [0.2, 0.25) is 11.8 Å². The Bertz CT molecular complexity index is 1210. The monoisotopic (exact) mass is 491 g/mol. The maximum absolute atomic E-state index is 9.95. The zero-order valence-corrected chi connectivity index (χ0v) is 21.1. The second-order valence-corrected chi connectivity index (χ2v) is 9.29. The summed E-state index contributed by atoms with van der Waals surface area (Å²) in [5.74, 6) is 3.36. The summed E-state index contributed by atoms with van der Waals surface area (Å²) in [5.41, 5.74) is 3.11. The van der Waals surface area contributed by atoms with Crippen molar-refractivity contribution in [3.8, 4) is 28.9 Å². The first kappa shape index (κ1) is 24.1. The molecule has 0 radical (unpaired) electrons. The van der Waals surface area contributed by atoms with Crippen LogP contribution in [0.1, 0.15) is 16.8 Å². The van der Waals surface area contributed by atoms with Gasteiger partial charge >= 0.3 is 0 Å². The maximum Gasteiger partial charge on any atom is 0.228 e. The lowest BCUT2D eigenvalue weighted by Crippen LogP contribution is -2.45. The minimum absolute atomic E-state index is 0.143. The van der Waals surface area contributed by atoms with E-state index in [2.05, 4.69) is 21.7 Å². The van der Waals surface area contributed by atoms with Crippen molar-refractivity contribution in [2.45, 2.75) is 19.5 Å². The predicted molar refractivity (Wildman–Crippen MR) is 137 cm³/mol. The Morgan fingerprint density at radius 3 is 2.50 bits per heavy atom. The van der Waals surface area contributed by atoms with E-state index in [0.29, 0.717) is 23.9 Å². The molecule has 1 N–H and O–H groups in total. The number of aromatic hydroxyl groups is 1. The number of nitrogens with zero attached hydrogens (tertiary/aromatic N) is 5. The predicted octanol–water partition coefficient (Wildman–Crippen LogP) is 3.30. The molecule has 0 amide bonds. The molecule has 1 saturated heterocycles. The van der Waals surface area contributed by atoms with Crippen molar-refractivity contribution in [2.24, 2.45) is 0 Å². The first-order valence-electron chi connectivity index (χ1n) is 12.3. The summed E-state index contributed by atoms with van der Waals surface area (Å²) in [4.78, 5) is 16.8. The lowest BCUT2D eigenvalue weighted by molar-refractivity contribution is 0.237. The van der Waals surface area contributed by atoms with Crippen LogP contribution >= 0.6 is 0 Å². The highest BCUT2D eigenvalue weighted by atomic mass is 16.5. The zero-order valence-electron chi connectivity index (χ0n) is 21.1. The van der Waals surface area contributed by atoms with Gasteiger partial charge in [-0.3, -0.25) is 4.90 Å². The van der Waals surface area contributed by atoms with E-state index in [0.717, 1.165) is 74.2 Å². The molecule has 3 heterocycles. The Hall–Kier alpha value is -3.56. The van der Waals surface area contributed by atoms with Gasteiger partial charge in [0.1, 0.15) is 11.5 Å². The van der Waals surface area contributed by atoms with Crippen molar-refractivity contribution in [3.05, 3.63) is 59.3 Å². The molecule has 2 aromatic carbocycles. The molecule has 3 aromatic rings. The van der Waals surface area contributed by atoms with Gasteiger partial charge in [0, 0.05) is 58.3 Å². The normalized spacial score (nSPS) is 16.5. The number of phenols is 1. The number of anilines is 1. The number of hydrogen-bond acceptors (Lipinski definition) is 9. The molecule has 5 rings (SSSR count).